The number of ether oxygens (including phenoxy) is 3. The number of nitrogens with one attached hydrogen (secondary N) is 1. The Labute approximate surface area is 176 Å². The highest BCUT2D eigenvalue weighted by molar-refractivity contribution is 7.89. The minimum absolute atomic E-state index is 0.184. The quantitative estimate of drug-likeness (QED) is 0.686. The Hall–Kier alpha value is -2.62. The van der Waals surface area contributed by atoms with Gasteiger partial charge in [-0.05, 0) is 55.0 Å². The molecule has 1 fully saturated rings. The van der Waals surface area contributed by atoms with Gasteiger partial charge in [-0.3, -0.25) is 4.79 Å². The number of rotatable bonds is 8. The second kappa shape index (κ2) is 9.92. The van der Waals surface area contributed by atoms with Gasteiger partial charge in [-0.15, -0.1) is 0 Å². The van der Waals surface area contributed by atoms with Crippen LogP contribution in [0.5, 0.6) is 11.5 Å². The summed E-state index contributed by atoms with van der Waals surface area (Å²) < 4.78 is 42.9. The minimum atomic E-state index is -3.57. The lowest BCUT2D eigenvalue weighted by Crippen LogP contribution is -2.40. The van der Waals surface area contributed by atoms with Crippen molar-refractivity contribution in [3.63, 3.8) is 0 Å². The summed E-state index contributed by atoms with van der Waals surface area (Å²) in [6, 6.07) is 13.1. The number of carbonyl (C=O) groups is 1. The maximum atomic E-state index is 12.7. The maximum absolute atomic E-state index is 12.7. The first kappa shape index (κ1) is 22.1. The number of carbonyl (C=O) groups excluding carboxylic acids is 1. The van der Waals surface area contributed by atoms with Crippen molar-refractivity contribution in [3.05, 3.63) is 48.5 Å². The van der Waals surface area contributed by atoms with Gasteiger partial charge >= 0.3 is 0 Å². The molecule has 1 N–H and O–H groups in total. The van der Waals surface area contributed by atoms with Crippen LogP contribution in [-0.4, -0.2) is 58.1 Å². The Morgan fingerprint density at radius 1 is 1.07 bits per heavy atom. The van der Waals surface area contributed by atoms with Crippen LogP contribution in [0.1, 0.15) is 13.3 Å². The van der Waals surface area contributed by atoms with Crippen LogP contribution in [-0.2, 0) is 19.6 Å². The van der Waals surface area contributed by atoms with Crippen molar-refractivity contribution in [1.82, 2.24) is 4.31 Å². The number of morpholine rings is 1. The molecule has 0 bridgehead atoms. The van der Waals surface area contributed by atoms with E-state index in [1.165, 1.54) is 16.4 Å². The van der Waals surface area contributed by atoms with Crippen LogP contribution in [0, 0.1) is 0 Å². The Balaban J connectivity index is 1.63. The Kier molecular flexibility index (Phi) is 7.30. The largest absolute Gasteiger partial charge is 0.497 e. The zero-order valence-corrected chi connectivity index (χ0v) is 17.9. The molecule has 9 heteroatoms. The lowest BCUT2D eigenvalue weighted by Gasteiger charge is -2.26. The van der Waals surface area contributed by atoms with Gasteiger partial charge in [0.25, 0.3) is 5.91 Å². The van der Waals surface area contributed by atoms with Gasteiger partial charge in [0.05, 0.1) is 25.2 Å². The van der Waals surface area contributed by atoms with Crippen molar-refractivity contribution in [2.45, 2.75) is 24.3 Å². The number of sulfonamides is 1. The molecule has 0 spiro atoms. The van der Waals surface area contributed by atoms with Crippen molar-refractivity contribution < 1.29 is 27.4 Å². The third-order valence-corrected chi connectivity index (χ3v) is 6.64. The Morgan fingerprint density at radius 2 is 1.67 bits per heavy atom. The van der Waals surface area contributed by atoms with E-state index >= 15 is 0 Å². The summed E-state index contributed by atoms with van der Waals surface area (Å²) >= 11 is 0. The molecule has 0 aliphatic carbocycles. The fourth-order valence-corrected chi connectivity index (χ4v) is 4.42. The average molecular weight is 435 g/mol. The third-order valence-electron chi connectivity index (χ3n) is 4.73. The number of benzene rings is 2. The predicted molar refractivity (Wildman–Crippen MR) is 112 cm³/mol. The molecule has 1 amide bonds. The van der Waals surface area contributed by atoms with Crippen LogP contribution in [0.3, 0.4) is 0 Å². The summed E-state index contributed by atoms with van der Waals surface area (Å²) in [4.78, 5) is 12.8. The lowest BCUT2D eigenvalue weighted by atomic mass is 10.2. The third kappa shape index (κ3) is 5.29. The number of anilines is 1. The zero-order chi connectivity index (χ0) is 21.6. The summed E-state index contributed by atoms with van der Waals surface area (Å²) in [6.45, 7) is 3.30. The number of amides is 1. The number of hydrogen-bond acceptors (Lipinski definition) is 6. The van der Waals surface area contributed by atoms with Crippen LogP contribution >= 0.6 is 0 Å². The summed E-state index contributed by atoms with van der Waals surface area (Å²) in [6.07, 6.45) is -0.211. The van der Waals surface area contributed by atoms with E-state index < -0.39 is 16.1 Å². The standard InChI is InChI=1S/C21H26N2O6S/c1-3-20(29-18-8-6-17(27-2)7-9-18)21(24)22-16-4-10-19(11-5-16)30(25,26)23-12-14-28-15-13-23/h4-11,20H,3,12-15H2,1-2H3,(H,22,24)/t20-/m0/s1. The van der Waals surface area contributed by atoms with E-state index in [1.807, 2.05) is 6.92 Å². The monoisotopic (exact) mass is 434 g/mol. The molecule has 0 saturated carbocycles. The molecule has 30 heavy (non-hydrogen) atoms. The second-order valence-corrected chi connectivity index (χ2v) is 8.66. The number of nitrogens with zero attached hydrogens (tertiary/aromatic N) is 1. The molecule has 1 saturated heterocycles. The average Bonchev–Trinajstić information content (AvgIpc) is 2.78. The first-order valence-electron chi connectivity index (χ1n) is 9.73. The van der Waals surface area contributed by atoms with Crippen molar-refractivity contribution in [1.29, 1.82) is 0 Å². The highest BCUT2D eigenvalue weighted by Gasteiger charge is 2.26. The van der Waals surface area contributed by atoms with E-state index in [2.05, 4.69) is 5.32 Å². The first-order chi connectivity index (χ1) is 14.4. The van der Waals surface area contributed by atoms with Gasteiger partial charge in [0, 0.05) is 18.8 Å². The number of methoxy groups -OCH3 is 1. The molecule has 2 aromatic carbocycles. The van der Waals surface area contributed by atoms with Crippen molar-refractivity contribution in [2.75, 3.05) is 38.7 Å². The molecule has 0 aromatic heterocycles. The lowest BCUT2D eigenvalue weighted by molar-refractivity contribution is -0.122. The smallest absolute Gasteiger partial charge is 0.265 e. The summed E-state index contributed by atoms with van der Waals surface area (Å²) in [5.41, 5.74) is 0.498. The minimum Gasteiger partial charge on any atom is -0.497 e. The van der Waals surface area contributed by atoms with Crippen LogP contribution in [0.25, 0.3) is 0 Å². The van der Waals surface area contributed by atoms with E-state index in [1.54, 1.807) is 43.5 Å². The normalized spacial score (nSPS) is 15.9. The SMILES string of the molecule is CC[C@H](Oc1ccc(OC)cc1)C(=O)Nc1ccc(S(=O)(=O)N2CCOCC2)cc1. The Bertz CT molecular complexity index is 938. The van der Waals surface area contributed by atoms with Crippen molar-refractivity contribution in [2.24, 2.45) is 0 Å². The van der Waals surface area contributed by atoms with E-state index in [9.17, 15) is 13.2 Å². The van der Waals surface area contributed by atoms with E-state index in [4.69, 9.17) is 14.2 Å². The molecule has 1 aliphatic rings. The maximum Gasteiger partial charge on any atom is 0.265 e. The Morgan fingerprint density at radius 3 is 2.23 bits per heavy atom. The molecule has 0 radical (unpaired) electrons. The molecule has 162 valence electrons. The highest BCUT2D eigenvalue weighted by atomic mass is 32.2. The van der Waals surface area contributed by atoms with Gasteiger partial charge in [0.15, 0.2) is 6.10 Å². The molecule has 1 aliphatic heterocycles. The molecule has 2 aromatic rings. The fraction of sp³-hybridized carbons (Fsp3) is 0.381. The summed E-state index contributed by atoms with van der Waals surface area (Å²) in [5, 5.41) is 2.78. The van der Waals surface area contributed by atoms with E-state index in [-0.39, 0.29) is 10.8 Å². The van der Waals surface area contributed by atoms with Crippen molar-refractivity contribution in [3.8, 4) is 11.5 Å². The molecule has 8 nitrogen and oxygen atoms in total. The fourth-order valence-electron chi connectivity index (χ4n) is 3.01. The van der Waals surface area contributed by atoms with Gasteiger partial charge in [-0.2, -0.15) is 4.31 Å². The van der Waals surface area contributed by atoms with Gasteiger partial charge in [-0.1, -0.05) is 6.92 Å². The van der Waals surface area contributed by atoms with Gasteiger partial charge in [0.2, 0.25) is 10.0 Å². The van der Waals surface area contributed by atoms with Gasteiger partial charge < -0.3 is 19.5 Å². The van der Waals surface area contributed by atoms with E-state index in [0.29, 0.717) is 49.9 Å². The van der Waals surface area contributed by atoms with Gasteiger partial charge in [-0.25, -0.2) is 8.42 Å². The van der Waals surface area contributed by atoms with Crippen LogP contribution < -0.4 is 14.8 Å². The molecule has 3 rings (SSSR count). The first-order valence-corrected chi connectivity index (χ1v) is 11.2. The zero-order valence-electron chi connectivity index (χ0n) is 17.0. The van der Waals surface area contributed by atoms with Crippen LogP contribution in [0.15, 0.2) is 53.4 Å². The number of hydrogen-bond donors (Lipinski definition) is 1. The topological polar surface area (TPSA) is 94.2 Å². The summed E-state index contributed by atoms with van der Waals surface area (Å²) in [5.74, 6) is 0.953. The van der Waals surface area contributed by atoms with Gasteiger partial charge in [0.1, 0.15) is 11.5 Å². The second-order valence-electron chi connectivity index (χ2n) is 6.72. The molecule has 1 heterocycles. The molecule has 0 unspecified atom stereocenters. The van der Waals surface area contributed by atoms with E-state index in [0.717, 1.165) is 0 Å². The highest BCUT2D eigenvalue weighted by Crippen LogP contribution is 2.21. The predicted octanol–water partition coefficient (Wildman–Crippen LogP) is 2.51. The summed E-state index contributed by atoms with van der Waals surface area (Å²) in [7, 11) is -1.99. The van der Waals surface area contributed by atoms with Crippen LogP contribution in [0.2, 0.25) is 0 Å². The molecular formula is C21H26N2O6S. The molecular weight excluding hydrogens is 408 g/mol. The van der Waals surface area contributed by atoms with Crippen molar-refractivity contribution >= 4 is 21.6 Å². The van der Waals surface area contributed by atoms with Crippen LogP contribution in [0.4, 0.5) is 5.69 Å². The molecule has 1 atom stereocenters.